The first kappa shape index (κ1) is 13.1. The predicted octanol–water partition coefficient (Wildman–Crippen LogP) is 3.15. The molecule has 1 aliphatic carbocycles. The standard InChI is InChI=1S/C13H17FN2OS/c14-11-8-10(6-7-12(11)17)16-13(18)15-9-4-2-1-3-5-9/h6-9,17H,1-5H2,(H2,15,16,18). The van der Waals surface area contributed by atoms with Crippen LogP contribution in [0.4, 0.5) is 10.1 Å². The Labute approximate surface area is 111 Å². The van der Waals surface area contributed by atoms with Gasteiger partial charge in [-0.1, -0.05) is 19.3 Å². The molecule has 0 radical (unpaired) electrons. The number of phenolic OH excluding ortho intramolecular Hbond substituents is 1. The summed E-state index contributed by atoms with van der Waals surface area (Å²) in [6.07, 6.45) is 6.02. The molecule has 0 saturated heterocycles. The van der Waals surface area contributed by atoms with Crippen LogP contribution < -0.4 is 10.6 Å². The first-order chi connectivity index (χ1) is 8.65. The molecule has 0 aliphatic heterocycles. The van der Waals surface area contributed by atoms with Crippen LogP contribution in [-0.2, 0) is 0 Å². The molecule has 5 heteroatoms. The van der Waals surface area contributed by atoms with Crippen molar-refractivity contribution in [2.45, 2.75) is 38.1 Å². The number of hydrogen-bond donors (Lipinski definition) is 3. The Balaban J connectivity index is 1.88. The number of nitrogens with one attached hydrogen (secondary N) is 2. The van der Waals surface area contributed by atoms with E-state index in [0.717, 1.165) is 12.8 Å². The Hall–Kier alpha value is -1.36. The largest absolute Gasteiger partial charge is 0.505 e. The Morgan fingerprint density at radius 3 is 2.67 bits per heavy atom. The Kier molecular flexibility index (Phi) is 4.36. The van der Waals surface area contributed by atoms with Gasteiger partial charge in [-0.05, 0) is 37.2 Å². The molecule has 18 heavy (non-hydrogen) atoms. The zero-order valence-corrected chi connectivity index (χ0v) is 10.9. The molecule has 3 nitrogen and oxygen atoms in total. The van der Waals surface area contributed by atoms with Gasteiger partial charge in [0.2, 0.25) is 0 Å². The van der Waals surface area contributed by atoms with Crippen molar-refractivity contribution in [1.29, 1.82) is 0 Å². The van der Waals surface area contributed by atoms with Gasteiger partial charge in [-0.15, -0.1) is 0 Å². The van der Waals surface area contributed by atoms with E-state index in [9.17, 15) is 4.39 Å². The van der Waals surface area contributed by atoms with E-state index < -0.39 is 5.82 Å². The van der Waals surface area contributed by atoms with Gasteiger partial charge in [-0.25, -0.2) is 4.39 Å². The summed E-state index contributed by atoms with van der Waals surface area (Å²) in [7, 11) is 0. The second kappa shape index (κ2) is 6.00. The summed E-state index contributed by atoms with van der Waals surface area (Å²) in [6.45, 7) is 0. The van der Waals surface area contributed by atoms with Crippen molar-refractivity contribution in [2.24, 2.45) is 0 Å². The van der Waals surface area contributed by atoms with E-state index in [-0.39, 0.29) is 5.75 Å². The van der Waals surface area contributed by atoms with Crippen LogP contribution in [0.25, 0.3) is 0 Å². The van der Waals surface area contributed by atoms with Crippen molar-refractivity contribution in [3.8, 4) is 5.75 Å². The predicted molar refractivity (Wildman–Crippen MR) is 74.3 cm³/mol. The summed E-state index contributed by atoms with van der Waals surface area (Å²) >= 11 is 5.19. The fourth-order valence-corrected chi connectivity index (χ4v) is 2.47. The summed E-state index contributed by atoms with van der Waals surface area (Å²) in [6, 6.07) is 4.54. The van der Waals surface area contributed by atoms with Crippen molar-refractivity contribution in [3.63, 3.8) is 0 Å². The molecule has 3 N–H and O–H groups in total. The summed E-state index contributed by atoms with van der Waals surface area (Å²) in [5.41, 5.74) is 0.540. The molecule has 1 aromatic carbocycles. The molecule has 0 aromatic heterocycles. The van der Waals surface area contributed by atoms with Gasteiger partial charge in [0.25, 0.3) is 0 Å². The molecule has 1 aromatic rings. The minimum atomic E-state index is -0.652. The van der Waals surface area contributed by atoms with Gasteiger partial charge in [0.15, 0.2) is 16.7 Å². The number of rotatable bonds is 2. The van der Waals surface area contributed by atoms with Gasteiger partial charge in [0.05, 0.1) is 0 Å². The number of anilines is 1. The first-order valence-corrected chi connectivity index (χ1v) is 6.62. The topological polar surface area (TPSA) is 44.3 Å². The van der Waals surface area contributed by atoms with Gasteiger partial charge >= 0.3 is 0 Å². The van der Waals surface area contributed by atoms with Crippen LogP contribution in [-0.4, -0.2) is 16.3 Å². The highest BCUT2D eigenvalue weighted by molar-refractivity contribution is 7.80. The van der Waals surface area contributed by atoms with Crippen LogP contribution in [0.3, 0.4) is 0 Å². The number of halogens is 1. The molecule has 0 spiro atoms. The SMILES string of the molecule is Oc1ccc(NC(=S)NC2CCCCC2)cc1F. The van der Waals surface area contributed by atoms with Crippen molar-refractivity contribution in [3.05, 3.63) is 24.0 Å². The minimum Gasteiger partial charge on any atom is -0.505 e. The summed E-state index contributed by atoms with van der Waals surface area (Å²) < 4.78 is 13.1. The highest BCUT2D eigenvalue weighted by Gasteiger charge is 2.14. The van der Waals surface area contributed by atoms with E-state index in [2.05, 4.69) is 10.6 Å². The van der Waals surface area contributed by atoms with Crippen LogP contribution in [0.15, 0.2) is 18.2 Å². The first-order valence-electron chi connectivity index (χ1n) is 6.21. The third-order valence-electron chi connectivity index (χ3n) is 3.15. The molecule has 98 valence electrons. The van der Waals surface area contributed by atoms with Gasteiger partial charge < -0.3 is 15.7 Å². The highest BCUT2D eigenvalue weighted by atomic mass is 32.1. The second-order valence-electron chi connectivity index (χ2n) is 4.60. The molecule has 0 atom stereocenters. The zero-order valence-electron chi connectivity index (χ0n) is 10.1. The maximum Gasteiger partial charge on any atom is 0.170 e. The van der Waals surface area contributed by atoms with E-state index in [1.807, 2.05) is 0 Å². The fourth-order valence-electron chi connectivity index (χ4n) is 2.18. The number of benzene rings is 1. The maximum absolute atomic E-state index is 13.1. The third-order valence-corrected chi connectivity index (χ3v) is 3.37. The average molecular weight is 268 g/mol. The number of thiocarbonyl (C=S) groups is 1. The molecule has 2 rings (SSSR count). The van der Waals surface area contributed by atoms with E-state index in [1.54, 1.807) is 6.07 Å². The lowest BCUT2D eigenvalue weighted by molar-refractivity contribution is 0.414. The lowest BCUT2D eigenvalue weighted by atomic mass is 9.96. The minimum absolute atomic E-state index is 0.355. The van der Waals surface area contributed by atoms with Crippen LogP contribution >= 0.6 is 12.2 Å². The number of phenols is 1. The van der Waals surface area contributed by atoms with E-state index in [0.29, 0.717) is 16.8 Å². The molecule has 1 fully saturated rings. The van der Waals surface area contributed by atoms with Gasteiger partial charge in [0, 0.05) is 17.8 Å². The Bertz CT molecular complexity index is 433. The van der Waals surface area contributed by atoms with Crippen LogP contribution in [0.2, 0.25) is 0 Å². The average Bonchev–Trinajstić information content (AvgIpc) is 2.35. The Morgan fingerprint density at radius 1 is 1.28 bits per heavy atom. The van der Waals surface area contributed by atoms with E-state index in [4.69, 9.17) is 17.3 Å². The molecular weight excluding hydrogens is 251 g/mol. The third kappa shape index (κ3) is 3.57. The quantitative estimate of drug-likeness (QED) is 0.569. The molecule has 1 aliphatic rings. The van der Waals surface area contributed by atoms with Gasteiger partial charge in [0.1, 0.15) is 0 Å². The van der Waals surface area contributed by atoms with Crippen molar-refractivity contribution < 1.29 is 9.50 Å². The van der Waals surface area contributed by atoms with Gasteiger partial charge in [-0.2, -0.15) is 0 Å². The molecular formula is C13H17FN2OS. The van der Waals surface area contributed by atoms with Crippen molar-refractivity contribution >= 4 is 23.0 Å². The number of aromatic hydroxyl groups is 1. The molecule has 0 heterocycles. The second-order valence-corrected chi connectivity index (χ2v) is 5.01. The lowest BCUT2D eigenvalue weighted by Gasteiger charge is -2.24. The lowest BCUT2D eigenvalue weighted by Crippen LogP contribution is -2.38. The Morgan fingerprint density at radius 2 is 2.00 bits per heavy atom. The molecule has 1 saturated carbocycles. The summed E-state index contributed by atoms with van der Waals surface area (Å²) in [5.74, 6) is -1.01. The van der Waals surface area contributed by atoms with Crippen LogP contribution in [0, 0.1) is 5.82 Å². The molecule has 0 unspecified atom stereocenters. The van der Waals surface area contributed by atoms with Crippen molar-refractivity contribution in [1.82, 2.24) is 5.32 Å². The number of hydrogen-bond acceptors (Lipinski definition) is 2. The normalized spacial score (nSPS) is 16.3. The van der Waals surface area contributed by atoms with E-state index in [1.165, 1.54) is 31.4 Å². The fraction of sp³-hybridized carbons (Fsp3) is 0.462. The molecule has 0 bridgehead atoms. The summed E-state index contributed by atoms with van der Waals surface area (Å²) in [5, 5.41) is 15.8. The molecule has 0 amide bonds. The van der Waals surface area contributed by atoms with Crippen LogP contribution in [0.1, 0.15) is 32.1 Å². The smallest absolute Gasteiger partial charge is 0.170 e. The maximum atomic E-state index is 13.1. The zero-order chi connectivity index (χ0) is 13.0. The highest BCUT2D eigenvalue weighted by Crippen LogP contribution is 2.20. The van der Waals surface area contributed by atoms with Gasteiger partial charge in [-0.3, -0.25) is 0 Å². The summed E-state index contributed by atoms with van der Waals surface area (Å²) in [4.78, 5) is 0. The van der Waals surface area contributed by atoms with Crippen molar-refractivity contribution in [2.75, 3.05) is 5.32 Å². The van der Waals surface area contributed by atoms with E-state index >= 15 is 0 Å². The van der Waals surface area contributed by atoms with Crippen LogP contribution in [0.5, 0.6) is 5.75 Å². The monoisotopic (exact) mass is 268 g/mol.